The molecule has 6 N–H and O–H groups in total. The Bertz CT molecular complexity index is 1690. The number of nitrogens with one attached hydrogen (secondary N) is 5. The van der Waals surface area contributed by atoms with Crippen LogP contribution < -0.4 is 26.0 Å². The predicted molar refractivity (Wildman–Crippen MR) is 166 cm³/mol. The summed E-state index contributed by atoms with van der Waals surface area (Å²) in [6.07, 6.45) is 2.79. The summed E-state index contributed by atoms with van der Waals surface area (Å²) in [6, 6.07) is 14.7. The SMILES string of the molecule is CCNC(=O)CC(CCC(=O)O)NC(=O)c1c[nH]c(-c2cc(Oc3ccc(NC(=O)Nc4cccc(C)c4)c(F)c3)ccn2)c1. The number of hydrogen-bond acceptors (Lipinski definition) is 6. The van der Waals surface area contributed by atoms with Gasteiger partial charge in [-0.3, -0.25) is 19.4 Å². The standard InChI is InChI=1S/C32H33FN6O6/c1-3-34-29(40)15-22(7-10-30(41)42)37-31(43)20-14-27(36-18-20)28-17-24(11-12-35-28)45-23-8-9-26(25(33)16-23)39-32(44)38-21-6-4-5-19(2)13-21/h4-6,8-9,11-14,16-18,22,36H,3,7,10,15H2,1-2H3,(H,34,40)(H,37,43)(H,41,42)(H2,38,39,44). The second-order valence-electron chi connectivity index (χ2n) is 10.1. The number of carbonyl (C=O) groups excluding carboxylic acids is 3. The zero-order valence-electron chi connectivity index (χ0n) is 24.6. The number of ether oxygens (including phenoxy) is 1. The molecule has 234 valence electrons. The molecular formula is C32H33FN6O6. The molecule has 4 aromatic rings. The fourth-order valence-corrected chi connectivity index (χ4v) is 4.38. The van der Waals surface area contributed by atoms with Crippen molar-refractivity contribution in [2.75, 3.05) is 17.2 Å². The summed E-state index contributed by atoms with van der Waals surface area (Å²) < 4.78 is 20.6. The maximum atomic E-state index is 14.8. The molecule has 0 radical (unpaired) electrons. The van der Waals surface area contributed by atoms with Crippen LogP contribution in [-0.2, 0) is 9.59 Å². The van der Waals surface area contributed by atoms with E-state index in [4.69, 9.17) is 9.84 Å². The second-order valence-corrected chi connectivity index (χ2v) is 10.1. The van der Waals surface area contributed by atoms with Gasteiger partial charge in [-0.15, -0.1) is 0 Å². The summed E-state index contributed by atoms with van der Waals surface area (Å²) in [5.74, 6) is -1.98. The minimum atomic E-state index is -1.03. The van der Waals surface area contributed by atoms with Gasteiger partial charge in [0, 0.05) is 55.6 Å². The van der Waals surface area contributed by atoms with Crippen LogP contribution >= 0.6 is 0 Å². The minimum absolute atomic E-state index is 0.0312. The van der Waals surface area contributed by atoms with Crippen LogP contribution in [0.4, 0.5) is 20.6 Å². The van der Waals surface area contributed by atoms with E-state index in [9.17, 15) is 23.6 Å². The highest BCUT2D eigenvalue weighted by Gasteiger charge is 2.20. The second kappa shape index (κ2) is 15.1. The smallest absolute Gasteiger partial charge is 0.323 e. The summed E-state index contributed by atoms with van der Waals surface area (Å²) in [4.78, 5) is 55.6. The average Bonchev–Trinajstić information content (AvgIpc) is 3.48. The Morgan fingerprint density at radius 2 is 1.82 bits per heavy atom. The van der Waals surface area contributed by atoms with Crippen molar-refractivity contribution < 1.29 is 33.4 Å². The molecule has 0 saturated carbocycles. The summed E-state index contributed by atoms with van der Waals surface area (Å²) in [5.41, 5.74) is 2.69. The molecule has 0 bridgehead atoms. The summed E-state index contributed by atoms with van der Waals surface area (Å²) >= 11 is 0. The van der Waals surface area contributed by atoms with E-state index in [2.05, 4.69) is 31.2 Å². The lowest BCUT2D eigenvalue weighted by Gasteiger charge is -2.17. The lowest BCUT2D eigenvalue weighted by Crippen LogP contribution is -2.39. The minimum Gasteiger partial charge on any atom is -0.481 e. The highest BCUT2D eigenvalue weighted by molar-refractivity contribution is 6.00. The van der Waals surface area contributed by atoms with Crippen LogP contribution in [0, 0.1) is 12.7 Å². The van der Waals surface area contributed by atoms with Gasteiger partial charge < -0.3 is 36.1 Å². The third-order valence-electron chi connectivity index (χ3n) is 6.50. The van der Waals surface area contributed by atoms with Crippen molar-refractivity contribution in [2.24, 2.45) is 0 Å². The molecule has 2 aromatic carbocycles. The van der Waals surface area contributed by atoms with Gasteiger partial charge in [0.2, 0.25) is 5.91 Å². The molecule has 0 spiro atoms. The number of carboxylic acid groups (broad SMARTS) is 1. The molecule has 1 unspecified atom stereocenters. The molecule has 0 aliphatic rings. The number of aryl methyl sites for hydroxylation is 1. The zero-order valence-corrected chi connectivity index (χ0v) is 24.6. The van der Waals surface area contributed by atoms with E-state index in [1.807, 2.05) is 13.0 Å². The Morgan fingerprint density at radius 1 is 1.02 bits per heavy atom. The van der Waals surface area contributed by atoms with Crippen LogP contribution in [0.5, 0.6) is 11.5 Å². The molecule has 0 aliphatic heterocycles. The van der Waals surface area contributed by atoms with Gasteiger partial charge in [0.25, 0.3) is 5.91 Å². The fourth-order valence-electron chi connectivity index (χ4n) is 4.38. The van der Waals surface area contributed by atoms with Crippen molar-refractivity contribution in [1.82, 2.24) is 20.6 Å². The molecule has 4 rings (SSSR count). The third kappa shape index (κ3) is 9.64. The van der Waals surface area contributed by atoms with E-state index in [0.717, 1.165) is 11.6 Å². The van der Waals surface area contributed by atoms with Crippen molar-refractivity contribution in [1.29, 1.82) is 0 Å². The molecule has 45 heavy (non-hydrogen) atoms. The number of anilines is 2. The quantitative estimate of drug-likeness (QED) is 0.116. The highest BCUT2D eigenvalue weighted by atomic mass is 19.1. The van der Waals surface area contributed by atoms with E-state index < -0.39 is 29.8 Å². The molecule has 1 atom stereocenters. The Labute approximate surface area is 258 Å². The van der Waals surface area contributed by atoms with E-state index >= 15 is 0 Å². The van der Waals surface area contributed by atoms with Crippen LogP contribution in [0.15, 0.2) is 73.1 Å². The largest absolute Gasteiger partial charge is 0.481 e. The Hall–Kier alpha value is -5.72. The van der Waals surface area contributed by atoms with E-state index in [1.54, 1.807) is 43.3 Å². The van der Waals surface area contributed by atoms with Crippen LogP contribution in [-0.4, -0.2) is 51.5 Å². The molecule has 0 saturated heterocycles. The number of H-pyrrole nitrogens is 1. The topological polar surface area (TPSA) is 175 Å². The van der Waals surface area contributed by atoms with Gasteiger partial charge in [-0.2, -0.15) is 0 Å². The van der Waals surface area contributed by atoms with Gasteiger partial charge in [0.1, 0.15) is 17.3 Å². The number of benzene rings is 2. The molecule has 0 aliphatic carbocycles. The van der Waals surface area contributed by atoms with Gasteiger partial charge in [0.05, 0.1) is 22.6 Å². The highest BCUT2D eigenvalue weighted by Crippen LogP contribution is 2.28. The van der Waals surface area contributed by atoms with Crippen molar-refractivity contribution in [3.63, 3.8) is 0 Å². The molecule has 13 heteroatoms. The van der Waals surface area contributed by atoms with Crippen LogP contribution in [0.2, 0.25) is 0 Å². The number of pyridine rings is 1. The average molecular weight is 617 g/mol. The number of urea groups is 1. The van der Waals surface area contributed by atoms with Gasteiger partial charge in [-0.05, 0) is 62.2 Å². The first-order valence-electron chi connectivity index (χ1n) is 14.2. The lowest BCUT2D eigenvalue weighted by atomic mass is 10.1. The monoisotopic (exact) mass is 616 g/mol. The molecule has 2 aromatic heterocycles. The first kappa shape index (κ1) is 32.2. The van der Waals surface area contributed by atoms with E-state index in [-0.39, 0.29) is 42.2 Å². The van der Waals surface area contributed by atoms with Crippen molar-refractivity contribution in [3.8, 4) is 22.9 Å². The number of nitrogens with zero attached hydrogens (tertiary/aromatic N) is 1. The van der Waals surface area contributed by atoms with E-state index in [0.29, 0.717) is 29.4 Å². The molecule has 0 fully saturated rings. The van der Waals surface area contributed by atoms with E-state index in [1.165, 1.54) is 24.5 Å². The summed E-state index contributed by atoms with van der Waals surface area (Å²) in [6.45, 7) is 4.07. The Balaban J connectivity index is 1.39. The zero-order chi connectivity index (χ0) is 32.3. The van der Waals surface area contributed by atoms with Gasteiger partial charge in [-0.1, -0.05) is 12.1 Å². The Morgan fingerprint density at radius 3 is 2.56 bits per heavy atom. The first-order valence-corrected chi connectivity index (χ1v) is 14.2. The van der Waals surface area contributed by atoms with Crippen molar-refractivity contribution >= 4 is 35.2 Å². The molecule has 4 amide bonds. The van der Waals surface area contributed by atoms with Crippen LogP contribution in [0.25, 0.3) is 11.4 Å². The number of carboxylic acids is 1. The predicted octanol–water partition coefficient (Wildman–Crippen LogP) is 5.45. The maximum absolute atomic E-state index is 14.8. The van der Waals surface area contributed by atoms with Crippen molar-refractivity contribution in [2.45, 2.75) is 39.2 Å². The van der Waals surface area contributed by atoms with Crippen molar-refractivity contribution in [3.05, 3.63) is 90.0 Å². The normalized spacial score (nSPS) is 11.3. The Kier molecular flexibility index (Phi) is 10.8. The number of rotatable bonds is 13. The van der Waals surface area contributed by atoms with Gasteiger partial charge in [-0.25, -0.2) is 9.18 Å². The molecular weight excluding hydrogens is 583 g/mol. The van der Waals surface area contributed by atoms with Crippen LogP contribution in [0.3, 0.4) is 0 Å². The number of carbonyl (C=O) groups is 4. The maximum Gasteiger partial charge on any atom is 0.323 e. The summed E-state index contributed by atoms with van der Waals surface area (Å²) in [7, 11) is 0. The lowest BCUT2D eigenvalue weighted by molar-refractivity contribution is -0.137. The summed E-state index contributed by atoms with van der Waals surface area (Å²) in [5, 5.41) is 19.5. The molecule has 2 heterocycles. The number of aromatic nitrogens is 2. The van der Waals surface area contributed by atoms with Gasteiger partial charge >= 0.3 is 12.0 Å². The number of aliphatic carboxylic acids is 1. The first-order chi connectivity index (χ1) is 21.6. The number of amides is 4. The fraction of sp³-hybridized carbons (Fsp3) is 0.219. The van der Waals surface area contributed by atoms with Gasteiger partial charge in [0.15, 0.2) is 0 Å². The number of halogens is 1. The number of aromatic amines is 1. The third-order valence-corrected chi connectivity index (χ3v) is 6.50. The van der Waals surface area contributed by atoms with Crippen LogP contribution in [0.1, 0.15) is 42.1 Å². The molecule has 12 nitrogen and oxygen atoms in total. The number of hydrogen-bond donors (Lipinski definition) is 6.